The maximum Gasteiger partial charge on any atom is 0.277 e. The van der Waals surface area contributed by atoms with Crippen LogP contribution >= 0.6 is 11.8 Å². The molecule has 1 amide bonds. The third kappa shape index (κ3) is 5.93. The zero-order valence-electron chi connectivity index (χ0n) is 17.5. The summed E-state index contributed by atoms with van der Waals surface area (Å²) in [6.45, 7) is 7.83. The average molecular weight is 423 g/mol. The monoisotopic (exact) mass is 422 g/mol. The van der Waals surface area contributed by atoms with Gasteiger partial charge in [0.05, 0.1) is 23.5 Å². The first-order chi connectivity index (χ1) is 13.9. The van der Waals surface area contributed by atoms with Gasteiger partial charge in [-0.05, 0) is 62.6 Å². The number of halogens is 2. The third-order valence-electron chi connectivity index (χ3n) is 4.49. The highest BCUT2D eigenvalue weighted by molar-refractivity contribution is 7.98. The molecule has 3 rings (SSSR count). The number of carbonyl (C=O) groups excluding carboxylic acids is 1. The quantitative estimate of drug-likeness (QED) is 0.415. The lowest BCUT2D eigenvalue weighted by Crippen LogP contribution is -2.26. The van der Waals surface area contributed by atoms with E-state index in [1.54, 1.807) is 32.2 Å². The summed E-state index contributed by atoms with van der Waals surface area (Å²) in [7, 11) is 0. The van der Waals surface area contributed by atoms with Crippen LogP contribution in [-0.2, 0) is 4.84 Å². The normalized spacial score (nSPS) is 12.8. The zero-order valence-corrected chi connectivity index (χ0v) is 18.3. The van der Waals surface area contributed by atoms with E-state index < -0.39 is 17.5 Å². The van der Waals surface area contributed by atoms with E-state index in [1.165, 1.54) is 23.9 Å². The number of hydroxylamine groups is 1. The van der Waals surface area contributed by atoms with Crippen molar-refractivity contribution >= 4 is 29.0 Å². The predicted molar refractivity (Wildman–Crippen MR) is 115 cm³/mol. The van der Waals surface area contributed by atoms with Crippen molar-refractivity contribution in [3.63, 3.8) is 0 Å². The molecule has 0 aliphatic heterocycles. The first kappa shape index (κ1) is 23.2. The number of rotatable bonds is 7. The van der Waals surface area contributed by atoms with E-state index in [9.17, 15) is 9.18 Å². The van der Waals surface area contributed by atoms with Crippen molar-refractivity contribution < 1.29 is 18.4 Å². The molecular formula is C22H28F2N2O2S. The lowest BCUT2D eigenvalue weighted by molar-refractivity contribution is 0.0270. The minimum atomic E-state index is -0.589. The number of hydrogen-bond acceptors (Lipinski definition) is 4. The first-order valence-corrected chi connectivity index (χ1v) is 11.0. The molecule has 1 aliphatic rings. The summed E-state index contributed by atoms with van der Waals surface area (Å²) in [6.07, 6.45) is 3.98. The summed E-state index contributed by atoms with van der Waals surface area (Å²) >= 11 is 1.34. The molecule has 0 spiro atoms. The molecule has 2 N–H and O–H groups in total. The molecule has 0 unspecified atom stereocenters. The summed E-state index contributed by atoms with van der Waals surface area (Å²) in [5, 5.41) is 2.75. The van der Waals surface area contributed by atoms with Crippen LogP contribution in [0.1, 0.15) is 48.2 Å². The first-order valence-electron chi connectivity index (χ1n) is 9.73. The fraction of sp³-hybridized carbons (Fsp3) is 0.409. The Hall–Kier alpha value is -2.12. The highest BCUT2D eigenvalue weighted by Crippen LogP contribution is 2.34. The number of thioether (sulfide) groups is 1. The molecule has 29 heavy (non-hydrogen) atoms. The molecule has 0 heterocycles. The van der Waals surface area contributed by atoms with Crippen LogP contribution in [0.3, 0.4) is 0 Å². The second-order valence-electron chi connectivity index (χ2n) is 6.73. The van der Waals surface area contributed by atoms with Crippen LogP contribution in [-0.4, -0.2) is 18.8 Å². The molecule has 4 nitrogen and oxygen atoms in total. The molecule has 0 atom stereocenters. The Labute approximate surface area is 175 Å². The summed E-state index contributed by atoms with van der Waals surface area (Å²) in [5.41, 5.74) is 3.61. The summed E-state index contributed by atoms with van der Waals surface area (Å²) in [5.74, 6) is -1.20. The van der Waals surface area contributed by atoms with Crippen LogP contribution in [0, 0.1) is 31.4 Å². The van der Waals surface area contributed by atoms with Crippen LogP contribution in [0.4, 0.5) is 20.2 Å². The van der Waals surface area contributed by atoms with E-state index in [2.05, 4.69) is 10.8 Å². The van der Waals surface area contributed by atoms with Crippen molar-refractivity contribution in [3.05, 3.63) is 52.6 Å². The number of carbonyl (C=O) groups is 1. The summed E-state index contributed by atoms with van der Waals surface area (Å²) < 4.78 is 29.2. The number of anilines is 2. The van der Waals surface area contributed by atoms with Gasteiger partial charge in [0.15, 0.2) is 5.82 Å². The fourth-order valence-electron chi connectivity index (χ4n) is 2.66. The molecule has 0 bridgehead atoms. The van der Waals surface area contributed by atoms with Gasteiger partial charge in [0.25, 0.3) is 5.91 Å². The van der Waals surface area contributed by atoms with Crippen molar-refractivity contribution in [1.29, 1.82) is 0 Å². The maximum atomic E-state index is 15.0. The van der Waals surface area contributed by atoms with Gasteiger partial charge >= 0.3 is 0 Å². The largest absolute Gasteiger partial charge is 0.350 e. The summed E-state index contributed by atoms with van der Waals surface area (Å²) in [6, 6.07) is 6.17. The van der Waals surface area contributed by atoms with Crippen molar-refractivity contribution in [1.82, 2.24) is 5.48 Å². The molecule has 1 aliphatic carbocycles. The van der Waals surface area contributed by atoms with E-state index in [4.69, 9.17) is 4.84 Å². The average Bonchev–Trinajstić information content (AvgIpc) is 3.53. The van der Waals surface area contributed by atoms with Crippen LogP contribution in [0.15, 0.2) is 29.2 Å². The maximum absolute atomic E-state index is 15.0. The van der Waals surface area contributed by atoms with Crippen molar-refractivity contribution in [2.75, 3.05) is 18.2 Å². The van der Waals surface area contributed by atoms with E-state index >= 15 is 4.39 Å². The van der Waals surface area contributed by atoms with Gasteiger partial charge in [-0.2, -0.15) is 0 Å². The number of hydrogen-bond donors (Lipinski definition) is 2. The van der Waals surface area contributed by atoms with E-state index in [-0.39, 0.29) is 16.9 Å². The molecule has 0 aromatic heterocycles. The van der Waals surface area contributed by atoms with E-state index in [0.29, 0.717) is 23.0 Å². The Bertz CT molecular complexity index is 870. The van der Waals surface area contributed by atoms with Gasteiger partial charge in [0.2, 0.25) is 0 Å². The van der Waals surface area contributed by atoms with Gasteiger partial charge in [-0.15, -0.1) is 11.8 Å². The Kier molecular flexibility index (Phi) is 8.46. The molecule has 0 saturated heterocycles. The van der Waals surface area contributed by atoms with Gasteiger partial charge < -0.3 is 5.32 Å². The number of nitrogens with one attached hydrogen (secondary N) is 2. The van der Waals surface area contributed by atoms with E-state index in [1.807, 2.05) is 13.8 Å². The predicted octanol–water partition coefficient (Wildman–Crippen LogP) is 6.14. The van der Waals surface area contributed by atoms with Gasteiger partial charge in [0, 0.05) is 10.5 Å². The molecule has 158 valence electrons. The smallest absolute Gasteiger partial charge is 0.277 e. The number of aryl methyl sites for hydroxylation is 1. The second-order valence-corrected chi connectivity index (χ2v) is 7.58. The third-order valence-corrected chi connectivity index (χ3v) is 5.36. The standard InChI is InChI=1S/C20H22F2N2O2S.C2H6/c1-11-4-7-16(15(21)8-11)23-19-14(9-17(27-3)12(2)18(19)22)20(25)24-26-10-13-5-6-13;1-2/h4,7-9,13,23H,5-6,10H2,1-3H3,(H,24,25);1-2H3. The van der Waals surface area contributed by atoms with Gasteiger partial charge in [-0.3, -0.25) is 9.63 Å². The highest BCUT2D eigenvalue weighted by atomic mass is 32.2. The Balaban J connectivity index is 0.00000145. The summed E-state index contributed by atoms with van der Waals surface area (Å²) in [4.78, 5) is 18.4. The molecular weight excluding hydrogens is 394 g/mol. The van der Waals surface area contributed by atoms with Crippen LogP contribution in [0.2, 0.25) is 0 Å². The lowest BCUT2D eigenvalue weighted by atomic mass is 10.1. The fourth-order valence-corrected chi connectivity index (χ4v) is 3.29. The topological polar surface area (TPSA) is 50.4 Å². The minimum Gasteiger partial charge on any atom is -0.350 e. The van der Waals surface area contributed by atoms with Gasteiger partial charge in [-0.1, -0.05) is 19.9 Å². The number of amides is 1. The molecule has 1 fully saturated rings. The Morgan fingerprint density at radius 1 is 1.21 bits per heavy atom. The van der Waals surface area contributed by atoms with Crippen LogP contribution < -0.4 is 10.8 Å². The molecule has 0 radical (unpaired) electrons. The molecule has 2 aromatic rings. The van der Waals surface area contributed by atoms with Gasteiger partial charge in [-0.25, -0.2) is 14.3 Å². The SMILES string of the molecule is CC.CSc1cc(C(=O)NOCC2CC2)c(Nc2ccc(C)cc2F)c(F)c1C. The van der Waals surface area contributed by atoms with Crippen molar-refractivity contribution in [2.45, 2.75) is 45.4 Å². The molecule has 1 saturated carbocycles. The lowest BCUT2D eigenvalue weighted by Gasteiger charge is -2.17. The Morgan fingerprint density at radius 3 is 2.48 bits per heavy atom. The Morgan fingerprint density at radius 2 is 1.90 bits per heavy atom. The zero-order chi connectivity index (χ0) is 21.6. The van der Waals surface area contributed by atoms with E-state index in [0.717, 1.165) is 18.4 Å². The highest BCUT2D eigenvalue weighted by Gasteiger charge is 2.24. The van der Waals surface area contributed by atoms with Crippen LogP contribution in [0.5, 0.6) is 0 Å². The second kappa shape index (κ2) is 10.6. The minimum absolute atomic E-state index is 0.0678. The molecule has 2 aromatic carbocycles. The van der Waals surface area contributed by atoms with Gasteiger partial charge in [0.1, 0.15) is 5.82 Å². The van der Waals surface area contributed by atoms with Crippen LogP contribution in [0.25, 0.3) is 0 Å². The molecule has 7 heteroatoms. The van der Waals surface area contributed by atoms with Crippen molar-refractivity contribution in [3.8, 4) is 0 Å². The number of benzene rings is 2. The van der Waals surface area contributed by atoms with Crippen molar-refractivity contribution in [2.24, 2.45) is 5.92 Å².